The molecule has 2 amide bonds. The Balaban J connectivity index is 1.83. The standard InChI is InChI=1S/C20H22N2O3/c1-3-25-19(23)12-9-16-7-10-18(11-8-16)22-20(24)21-14-17-6-4-5-15(2)13-17/h4-13H,3,14H2,1-2H3,(H2,21,22,24)/b12-9+. The van der Waals surface area contributed by atoms with Crippen LogP contribution in [0.15, 0.2) is 54.6 Å². The summed E-state index contributed by atoms with van der Waals surface area (Å²) >= 11 is 0. The molecule has 0 aliphatic carbocycles. The quantitative estimate of drug-likeness (QED) is 0.620. The molecule has 0 unspecified atom stereocenters. The van der Waals surface area contributed by atoms with Gasteiger partial charge in [-0.05, 0) is 43.2 Å². The van der Waals surface area contributed by atoms with E-state index in [1.165, 1.54) is 6.08 Å². The average molecular weight is 338 g/mol. The highest BCUT2D eigenvalue weighted by Crippen LogP contribution is 2.11. The summed E-state index contributed by atoms with van der Waals surface area (Å²) in [6, 6.07) is 14.9. The van der Waals surface area contributed by atoms with Gasteiger partial charge in [-0.3, -0.25) is 0 Å². The van der Waals surface area contributed by atoms with Crippen molar-refractivity contribution in [2.75, 3.05) is 11.9 Å². The van der Waals surface area contributed by atoms with Gasteiger partial charge < -0.3 is 15.4 Å². The molecule has 5 heteroatoms. The van der Waals surface area contributed by atoms with E-state index in [1.807, 2.05) is 43.3 Å². The molecular weight excluding hydrogens is 316 g/mol. The summed E-state index contributed by atoms with van der Waals surface area (Å²) in [5.74, 6) is -0.375. The van der Waals surface area contributed by atoms with E-state index in [9.17, 15) is 9.59 Å². The van der Waals surface area contributed by atoms with E-state index < -0.39 is 0 Å². The fraction of sp³-hybridized carbons (Fsp3) is 0.200. The number of hydrogen-bond acceptors (Lipinski definition) is 3. The molecule has 0 atom stereocenters. The van der Waals surface area contributed by atoms with Crippen LogP contribution >= 0.6 is 0 Å². The summed E-state index contributed by atoms with van der Waals surface area (Å²) in [5, 5.41) is 5.59. The molecule has 0 aromatic heterocycles. The summed E-state index contributed by atoms with van der Waals surface area (Å²) in [4.78, 5) is 23.2. The zero-order chi connectivity index (χ0) is 18.1. The van der Waals surface area contributed by atoms with Crippen LogP contribution in [0.2, 0.25) is 0 Å². The topological polar surface area (TPSA) is 67.4 Å². The van der Waals surface area contributed by atoms with E-state index in [0.717, 1.165) is 16.7 Å². The number of urea groups is 1. The first-order valence-electron chi connectivity index (χ1n) is 8.12. The number of amides is 2. The minimum absolute atomic E-state index is 0.267. The number of ether oxygens (including phenoxy) is 1. The molecule has 0 saturated heterocycles. The van der Waals surface area contributed by atoms with Crippen molar-refractivity contribution in [3.63, 3.8) is 0 Å². The van der Waals surface area contributed by atoms with Gasteiger partial charge in [-0.2, -0.15) is 0 Å². The molecule has 0 aliphatic heterocycles. The van der Waals surface area contributed by atoms with Crippen molar-refractivity contribution < 1.29 is 14.3 Å². The van der Waals surface area contributed by atoms with Crippen LogP contribution in [0.4, 0.5) is 10.5 Å². The highest BCUT2D eigenvalue weighted by molar-refractivity contribution is 5.90. The monoisotopic (exact) mass is 338 g/mol. The molecule has 130 valence electrons. The van der Waals surface area contributed by atoms with Crippen LogP contribution in [0.25, 0.3) is 6.08 Å². The number of aryl methyl sites for hydroxylation is 1. The first kappa shape index (κ1) is 18.3. The highest BCUT2D eigenvalue weighted by atomic mass is 16.5. The lowest BCUT2D eigenvalue weighted by Gasteiger charge is -2.08. The first-order chi connectivity index (χ1) is 12.1. The zero-order valence-corrected chi connectivity index (χ0v) is 14.4. The van der Waals surface area contributed by atoms with Crippen LogP contribution < -0.4 is 10.6 Å². The summed E-state index contributed by atoms with van der Waals surface area (Å²) < 4.78 is 4.82. The Bertz CT molecular complexity index is 752. The number of esters is 1. The normalized spacial score (nSPS) is 10.5. The molecule has 0 heterocycles. The summed E-state index contributed by atoms with van der Waals surface area (Å²) in [6.45, 7) is 4.59. The first-order valence-corrected chi connectivity index (χ1v) is 8.12. The highest BCUT2D eigenvalue weighted by Gasteiger charge is 2.02. The Morgan fingerprint density at radius 3 is 2.56 bits per heavy atom. The molecule has 25 heavy (non-hydrogen) atoms. The van der Waals surface area contributed by atoms with E-state index in [1.54, 1.807) is 25.1 Å². The lowest BCUT2D eigenvalue weighted by Crippen LogP contribution is -2.28. The minimum atomic E-state index is -0.375. The van der Waals surface area contributed by atoms with Crippen LogP contribution in [0, 0.1) is 6.92 Å². The summed E-state index contributed by atoms with van der Waals surface area (Å²) in [7, 11) is 0. The van der Waals surface area contributed by atoms with Gasteiger partial charge in [0.05, 0.1) is 6.61 Å². The van der Waals surface area contributed by atoms with E-state index >= 15 is 0 Å². The summed E-state index contributed by atoms with van der Waals surface area (Å²) in [5.41, 5.74) is 3.73. The lowest BCUT2D eigenvalue weighted by atomic mass is 10.1. The van der Waals surface area contributed by atoms with Gasteiger partial charge in [0.1, 0.15) is 0 Å². The fourth-order valence-electron chi connectivity index (χ4n) is 2.21. The van der Waals surface area contributed by atoms with Gasteiger partial charge in [0.25, 0.3) is 0 Å². The Morgan fingerprint density at radius 1 is 1.12 bits per heavy atom. The van der Waals surface area contributed by atoms with Gasteiger partial charge in [-0.25, -0.2) is 9.59 Å². The molecule has 0 fully saturated rings. The maximum absolute atomic E-state index is 11.9. The second kappa shape index (κ2) is 9.27. The van der Waals surface area contributed by atoms with Crippen molar-refractivity contribution in [2.45, 2.75) is 20.4 Å². The molecule has 2 N–H and O–H groups in total. The molecule has 2 rings (SSSR count). The molecule has 0 aliphatic rings. The molecule has 2 aromatic carbocycles. The Labute approximate surface area is 147 Å². The fourth-order valence-corrected chi connectivity index (χ4v) is 2.21. The molecule has 0 spiro atoms. The lowest BCUT2D eigenvalue weighted by molar-refractivity contribution is -0.137. The number of nitrogens with one attached hydrogen (secondary N) is 2. The van der Waals surface area contributed by atoms with E-state index in [2.05, 4.69) is 10.6 Å². The predicted molar refractivity (Wildman–Crippen MR) is 99.1 cm³/mol. The van der Waals surface area contributed by atoms with E-state index in [0.29, 0.717) is 18.8 Å². The van der Waals surface area contributed by atoms with Gasteiger partial charge in [0.15, 0.2) is 0 Å². The van der Waals surface area contributed by atoms with Gasteiger partial charge in [0.2, 0.25) is 0 Å². The van der Waals surface area contributed by atoms with Gasteiger partial charge in [-0.1, -0.05) is 42.0 Å². The molecule has 2 aromatic rings. The van der Waals surface area contributed by atoms with Crippen molar-refractivity contribution in [3.05, 3.63) is 71.3 Å². The predicted octanol–water partition coefficient (Wildman–Crippen LogP) is 3.89. The number of rotatable bonds is 6. The Hall–Kier alpha value is -3.08. The van der Waals surface area contributed by atoms with Crippen molar-refractivity contribution in [3.8, 4) is 0 Å². The third-order valence-corrected chi connectivity index (χ3v) is 3.40. The number of benzene rings is 2. The largest absolute Gasteiger partial charge is 0.463 e. The second-order valence-corrected chi connectivity index (χ2v) is 5.50. The number of carbonyl (C=O) groups is 2. The van der Waals surface area contributed by atoms with Gasteiger partial charge >= 0.3 is 12.0 Å². The second-order valence-electron chi connectivity index (χ2n) is 5.50. The third-order valence-electron chi connectivity index (χ3n) is 3.40. The number of hydrogen-bond donors (Lipinski definition) is 2. The van der Waals surface area contributed by atoms with Crippen molar-refractivity contribution >= 4 is 23.8 Å². The smallest absolute Gasteiger partial charge is 0.330 e. The molecular formula is C20H22N2O3. The van der Waals surface area contributed by atoms with Crippen molar-refractivity contribution in [1.82, 2.24) is 5.32 Å². The van der Waals surface area contributed by atoms with Gasteiger partial charge in [-0.15, -0.1) is 0 Å². The SMILES string of the molecule is CCOC(=O)/C=C/c1ccc(NC(=O)NCc2cccc(C)c2)cc1. The summed E-state index contributed by atoms with van der Waals surface area (Å²) in [6.07, 6.45) is 3.04. The maximum atomic E-state index is 11.9. The van der Waals surface area contributed by atoms with Crippen molar-refractivity contribution in [1.29, 1.82) is 0 Å². The van der Waals surface area contributed by atoms with Crippen LogP contribution in [-0.4, -0.2) is 18.6 Å². The zero-order valence-electron chi connectivity index (χ0n) is 14.4. The maximum Gasteiger partial charge on any atom is 0.330 e. The molecule has 5 nitrogen and oxygen atoms in total. The van der Waals surface area contributed by atoms with Crippen molar-refractivity contribution in [2.24, 2.45) is 0 Å². The minimum Gasteiger partial charge on any atom is -0.463 e. The van der Waals surface area contributed by atoms with E-state index in [-0.39, 0.29) is 12.0 Å². The van der Waals surface area contributed by atoms with Gasteiger partial charge in [0, 0.05) is 18.3 Å². The van der Waals surface area contributed by atoms with E-state index in [4.69, 9.17) is 4.74 Å². The average Bonchev–Trinajstić information content (AvgIpc) is 2.60. The molecule has 0 bridgehead atoms. The molecule has 0 radical (unpaired) electrons. The molecule has 0 saturated carbocycles. The number of carbonyl (C=O) groups excluding carboxylic acids is 2. The van der Waals surface area contributed by atoms with Crippen LogP contribution in [0.3, 0.4) is 0 Å². The van der Waals surface area contributed by atoms with Crippen LogP contribution in [0.1, 0.15) is 23.6 Å². The third kappa shape index (κ3) is 6.51. The number of anilines is 1. The Kier molecular flexibility index (Phi) is 6.77. The Morgan fingerprint density at radius 2 is 1.88 bits per heavy atom. The van der Waals surface area contributed by atoms with Crippen LogP contribution in [-0.2, 0) is 16.1 Å². The van der Waals surface area contributed by atoms with Crippen LogP contribution in [0.5, 0.6) is 0 Å².